The van der Waals surface area contributed by atoms with Gasteiger partial charge in [0, 0.05) is 20.0 Å². The number of fused-ring (bicyclic) bond motifs is 1. The largest absolute Gasteiger partial charge is 0.469 e. The highest BCUT2D eigenvalue weighted by Crippen LogP contribution is 2.13. The Labute approximate surface area is 135 Å². The molecule has 0 aliphatic rings. The second kappa shape index (κ2) is 8.17. The molecule has 0 bridgehead atoms. The van der Waals surface area contributed by atoms with Gasteiger partial charge >= 0.3 is 12.0 Å². The monoisotopic (exact) mass is 318 g/mol. The average molecular weight is 318 g/mol. The van der Waals surface area contributed by atoms with E-state index >= 15 is 0 Å². The van der Waals surface area contributed by atoms with Crippen LogP contribution in [0.3, 0.4) is 0 Å². The molecule has 2 N–H and O–H groups in total. The lowest BCUT2D eigenvalue weighted by atomic mass is 10.2. The molecule has 1 heterocycles. The predicted octanol–water partition coefficient (Wildman–Crippen LogP) is 1.72. The molecule has 2 rings (SSSR count). The number of amides is 2. The number of rotatable bonds is 7. The molecule has 124 valence electrons. The van der Waals surface area contributed by atoms with Gasteiger partial charge in [-0.15, -0.1) is 0 Å². The van der Waals surface area contributed by atoms with Crippen LogP contribution >= 0.6 is 0 Å². The zero-order chi connectivity index (χ0) is 16.7. The van der Waals surface area contributed by atoms with Crippen molar-refractivity contribution < 1.29 is 14.3 Å². The molecule has 0 aliphatic carbocycles. The highest BCUT2D eigenvalue weighted by Gasteiger charge is 2.08. The Bertz CT molecular complexity index is 681. The summed E-state index contributed by atoms with van der Waals surface area (Å²) in [6.07, 6.45) is 1.80. The maximum absolute atomic E-state index is 11.7. The first-order chi connectivity index (χ1) is 11.1. The smallest absolute Gasteiger partial charge is 0.315 e. The van der Waals surface area contributed by atoms with Crippen molar-refractivity contribution in [2.75, 3.05) is 13.7 Å². The number of aryl methyl sites for hydroxylation is 1. The molecule has 0 radical (unpaired) electrons. The Morgan fingerprint density at radius 2 is 2.00 bits per heavy atom. The number of esters is 1. The number of carbonyl (C=O) groups is 2. The average Bonchev–Trinajstić information content (AvgIpc) is 2.89. The van der Waals surface area contributed by atoms with E-state index in [1.54, 1.807) is 0 Å². The lowest BCUT2D eigenvalue weighted by Crippen LogP contribution is -2.36. The summed E-state index contributed by atoms with van der Waals surface area (Å²) in [5, 5.41) is 5.55. The third-order valence-corrected chi connectivity index (χ3v) is 3.61. The van der Waals surface area contributed by atoms with Crippen LogP contribution in [0.15, 0.2) is 24.3 Å². The molecule has 7 heteroatoms. The van der Waals surface area contributed by atoms with E-state index < -0.39 is 0 Å². The van der Waals surface area contributed by atoms with Gasteiger partial charge in [-0.1, -0.05) is 12.1 Å². The molecule has 2 aromatic rings. The van der Waals surface area contributed by atoms with Crippen LogP contribution in [-0.4, -0.2) is 35.2 Å². The fourth-order valence-electron chi connectivity index (χ4n) is 2.27. The van der Waals surface area contributed by atoms with Crippen LogP contribution in [0, 0.1) is 0 Å². The lowest BCUT2D eigenvalue weighted by Gasteiger charge is -2.07. The van der Waals surface area contributed by atoms with Crippen LogP contribution < -0.4 is 10.6 Å². The van der Waals surface area contributed by atoms with Crippen molar-refractivity contribution in [2.45, 2.75) is 25.8 Å². The van der Waals surface area contributed by atoms with Crippen LogP contribution in [0.1, 0.15) is 25.1 Å². The standard InChI is InChI=1S/C16H22N4O3/c1-20-13-8-4-3-7-12(13)19-14(20)11-18-16(22)17-10-6-5-9-15(21)23-2/h3-4,7-8H,5-6,9-11H2,1-2H3,(H2,17,18,22). The molecule has 2 amide bonds. The number of para-hydroxylation sites is 2. The highest BCUT2D eigenvalue weighted by molar-refractivity contribution is 5.76. The second-order valence-corrected chi connectivity index (χ2v) is 5.22. The van der Waals surface area contributed by atoms with Gasteiger partial charge in [0.2, 0.25) is 0 Å². The van der Waals surface area contributed by atoms with E-state index in [9.17, 15) is 9.59 Å². The summed E-state index contributed by atoms with van der Waals surface area (Å²) in [4.78, 5) is 27.2. The highest BCUT2D eigenvalue weighted by atomic mass is 16.5. The number of benzene rings is 1. The van der Waals surface area contributed by atoms with Gasteiger partial charge in [-0.2, -0.15) is 0 Å². The van der Waals surface area contributed by atoms with Gasteiger partial charge in [-0.3, -0.25) is 4.79 Å². The normalized spacial score (nSPS) is 10.5. The SMILES string of the molecule is COC(=O)CCCCNC(=O)NCc1nc2ccccc2n1C. The molecule has 0 spiro atoms. The quantitative estimate of drug-likeness (QED) is 0.601. The van der Waals surface area contributed by atoms with E-state index in [-0.39, 0.29) is 12.0 Å². The summed E-state index contributed by atoms with van der Waals surface area (Å²) in [6.45, 7) is 0.880. The summed E-state index contributed by atoms with van der Waals surface area (Å²) >= 11 is 0. The van der Waals surface area contributed by atoms with Crippen LogP contribution in [0.4, 0.5) is 4.79 Å². The minimum Gasteiger partial charge on any atom is -0.469 e. The number of methoxy groups -OCH3 is 1. The van der Waals surface area contributed by atoms with Gasteiger partial charge in [-0.25, -0.2) is 9.78 Å². The van der Waals surface area contributed by atoms with Crippen molar-refractivity contribution in [2.24, 2.45) is 7.05 Å². The van der Waals surface area contributed by atoms with Gasteiger partial charge < -0.3 is 19.9 Å². The van der Waals surface area contributed by atoms with Crippen LogP contribution in [0.2, 0.25) is 0 Å². The van der Waals surface area contributed by atoms with Crippen LogP contribution in [0.5, 0.6) is 0 Å². The molecular weight excluding hydrogens is 296 g/mol. The minimum absolute atomic E-state index is 0.226. The number of imidazole rings is 1. The van der Waals surface area contributed by atoms with Crippen molar-refractivity contribution >= 4 is 23.0 Å². The van der Waals surface area contributed by atoms with Crippen LogP contribution in [0.25, 0.3) is 11.0 Å². The maximum atomic E-state index is 11.7. The first-order valence-electron chi connectivity index (χ1n) is 7.60. The maximum Gasteiger partial charge on any atom is 0.315 e. The summed E-state index contributed by atoms with van der Waals surface area (Å²) in [7, 11) is 3.30. The zero-order valence-electron chi connectivity index (χ0n) is 13.5. The molecule has 23 heavy (non-hydrogen) atoms. The molecular formula is C16H22N4O3. The van der Waals surface area contributed by atoms with Gasteiger partial charge in [0.1, 0.15) is 5.82 Å². The van der Waals surface area contributed by atoms with E-state index in [1.165, 1.54) is 7.11 Å². The van der Waals surface area contributed by atoms with E-state index in [2.05, 4.69) is 20.4 Å². The third-order valence-electron chi connectivity index (χ3n) is 3.61. The molecule has 0 saturated heterocycles. The van der Waals surface area contributed by atoms with E-state index in [0.29, 0.717) is 25.9 Å². The number of aromatic nitrogens is 2. The van der Waals surface area contributed by atoms with Gasteiger partial charge in [0.25, 0.3) is 0 Å². The first-order valence-corrected chi connectivity index (χ1v) is 7.60. The van der Waals surface area contributed by atoms with Gasteiger partial charge in [0.05, 0.1) is 24.7 Å². The van der Waals surface area contributed by atoms with Crippen molar-refractivity contribution in [3.63, 3.8) is 0 Å². The summed E-state index contributed by atoms with van der Waals surface area (Å²) in [6, 6.07) is 7.60. The Morgan fingerprint density at radius 1 is 1.22 bits per heavy atom. The molecule has 0 unspecified atom stereocenters. The van der Waals surface area contributed by atoms with Crippen molar-refractivity contribution in [1.29, 1.82) is 0 Å². The van der Waals surface area contributed by atoms with E-state index in [0.717, 1.165) is 23.3 Å². The number of nitrogens with one attached hydrogen (secondary N) is 2. The Hall–Kier alpha value is -2.57. The number of hydrogen-bond donors (Lipinski definition) is 2. The predicted molar refractivity (Wildman–Crippen MR) is 86.8 cm³/mol. The molecule has 1 aromatic carbocycles. The molecule has 0 saturated carbocycles. The van der Waals surface area contributed by atoms with Gasteiger partial charge in [-0.05, 0) is 25.0 Å². The van der Waals surface area contributed by atoms with Crippen LogP contribution in [-0.2, 0) is 23.1 Å². The summed E-state index contributed by atoms with van der Waals surface area (Å²) in [5.41, 5.74) is 1.95. The number of nitrogens with zero attached hydrogens (tertiary/aromatic N) is 2. The van der Waals surface area contributed by atoms with Gasteiger partial charge in [0.15, 0.2) is 0 Å². The molecule has 0 aliphatic heterocycles. The van der Waals surface area contributed by atoms with E-state index in [4.69, 9.17) is 0 Å². The molecule has 7 nitrogen and oxygen atoms in total. The summed E-state index contributed by atoms with van der Waals surface area (Å²) in [5.74, 6) is 0.573. The number of urea groups is 1. The first kappa shape index (κ1) is 16.8. The van der Waals surface area contributed by atoms with Crippen molar-refractivity contribution in [3.05, 3.63) is 30.1 Å². The van der Waals surface area contributed by atoms with Crippen molar-refractivity contribution in [1.82, 2.24) is 20.2 Å². The fraction of sp³-hybridized carbons (Fsp3) is 0.438. The molecule has 1 aromatic heterocycles. The lowest BCUT2D eigenvalue weighted by molar-refractivity contribution is -0.140. The number of unbranched alkanes of at least 4 members (excludes halogenated alkanes) is 1. The zero-order valence-corrected chi connectivity index (χ0v) is 13.5. The number of ether oxygens (including phenoxy) is 1. The third kappa shape index (κ3) is 4.70. The molecule has 0 fully saturated rings. The fourth-order valence-corrected chi connectivity index (χ4v) is 2.27. The summed E-state index contributed by atoms with van der Waals surface area (Å²) < 4.78 is 6.52. The second-order valence-electron chi connectivity index (χ2n) is 5.22. The minimum atomic E-state index is -0.241. The molecule has 0 atom stereocenters. The Kier molecular flexibility index (Phi) is 5.96. The van der Waals surface area contributed by atoms with Crippen molar-refractivity contribution in [3.8, 4) is 0 Å². The Morgan fingerprint density at radius 3 is 2.74 bits per heavy atom. The van der Waals surface area contributed by atoms with E-state index in [1.807, 2.05) is 35.9 Å². The Balaban J connectivity index is 1.71. The number of hydrogen-bond acceptors (Lipinski definition) is 4. The number of carbonyl (C=O) groups excluding carboxylic acids is 2. The topological polar surface area (TPSA) is 85.2 Å².